The summed E-state index contributed by atoms with van der Waals surface area (Å²) in [6.07, 6.45) is -0.368. The Kier molecular flexibility index (Phi) is 5.58. The number of nitriles is 1. The first-order chi connectivity index (χ1) is 12.3. The molecule has 0 unspecified atom stereocenters. The van der Waals surface area contributed by atoms with Crippen LogP contribution in [-0.2, 0) is 9.47 Å². The second-order valence-corrected chi connectivity index (χ2v) is 5.85. The highest BCUT2D eigenvalue weighted by atomic mass is 16.5. The zero-order valence-corrected chi connectivity index (χ0v) is 15.0. The van der Waals surface area contributed by atoms with Crippen molar-refractivity contribution < 1.29 is 19.1 Å². The Labute approximate surface area is 151 Å². The van der Waals surface area contributed by atoms with Gasteiger partial charge in [-0.1, -0.05) is 12.1 Å². The molecule has 1 aromatic heterocycles. The maximum atomic E-state index is 12.7. The molecule has 0 aliphatic rings. The average molecular weight is 353 g/mol. The summed E-state index contributed by atoms with van der Waals surface area (Å²) in [7, 11) is 1.19. The summed E-state index contributed by atoms with van der Waals surface area (Å²) in [6, 6.07) is 8.54. The molecular weight excluding hydrogens is 334 g/mol. The first-order valence-electron chi connectivity index (χ1n) is 7.90. The highest BCUT2D eigenvalue weighted by Gasteiger charge is 2.29. The highest BCUT2D eigenvalue weighted by molar-refractivity contribution is 6.07. The normalized spacial score (nSPS) is 10.3. The number of methoxy groups -OCH3 is 1. The van der Waals surface area contributed by atoms with Crippen LogP contribution in [0.15, 0.2) is 24.3 Å². The second kappa shape index (κ2) is 7.66. The van der Waals surface area contributed by atoms with Gasteiger partial charge in [-0.3, -0.25) is 0 Å². The van der Waals surface area contributed by atoms with Gasteiger partial charge in [-0.15, -0.1) is 0 Å². The molecule has 0 amide bonds. The van der Waals surface area contributed by atoms with Gasteiger partial charge < -0.3 is 15.2 Å². The molecule has 0 fully saturated rings. The van der Waals surface area contributed by atoms with Crippen molar-refractivity contribution in [3.63, 3.8) is 0 Å². The topological polar surface area (TPSA) is 115 Å². The lowest BCUT2D eigenvalue weighted by atomic mass is 9.92. The van der Waals surface area contributed by atoms with Crippen LogP contribution in [0.4, 0.5) is 5.69 Å². The highest BCUT2D eigenvalue weighted by Crippen LogP contribution is 2.33. The van der Waals surface area contributed by atoms with Gasteiger partial charge in [0.1, 0.15) is 11.6 Å². The number of carbonyl (C=O) groups is 2. The standard InChI is InChI=1S/C19H19N3O4/c1-10(2)26-19(24)15-11(3)22-14(9-20)17(18(23)25-4)16(15)12-6-5-7-13(21)8-12/h5-8,10H,21H2,1-4H3. The third-order valence-corrected chi connectivity index (χ3v) is 3.60. The number of rotatable bonds is 4. The van der Waals surface area contributed by atoms with Crippen molar-refractivity contribution in [3.05, 3.63) is 46.8 Å². The van der Waals surface area contributed by atoms with E-state index in [0.717, 1.165) is 0 Å². The van der Waals surface area contributed by atoms with Gasteiger partial charge in [0, 0.05) is 11.3 Å². The van der Waals surface area contributed by atoms with Crippen LogP contribution >= 0.6 is 0 Å². The monoisotopic (exact) mass is 353 g/mol. The number of esters is 2. The van der Waals surface area contributed by atoms with Crippen LogP contribution in [0.5, 0.6) is 0 Å². The molecule has 0 spiro atoms. The zero-order valence-electron chi connectivity index (χ0n) is 15.0. The van der Waals surface area contributed by atoms with Crippen LogP contribution in [0.3, 0.4) is 0 Å². The largest absolute Gasteiger partial charge is 0.465 e. The Morgan fingerprint density at radius 1 is 1.23 bits per heavy atom. The molecule has 2 aromatic rings. The predicted octanol–water partition coefficient (Wildman–Crippen LogP) is 2.86. The first-order valence-corrected chi connectivity index (χ1v) is 7.90. The van der Waals surface area contributed by atoms with E-state index in [1.807, 2.05) is 6.07 Å². The molecule has 2 N–H and O–H groups in total. The molecule has 1 aromatic carbocycles. The zero-order chi connectivity index (χ0) is 19.4. The van der Waals surface area contributed by atoms with Crippen LogP contribution in [0.1, 0.15) is 46.0 Å². The molecule has 2 rings (SSSR count). The summed E-state index contributed by atoms with van der Waals surface area (Å²) in [5, 5.41) is 9.43. The Morgan fingerprint density at radius 3 is 2.46 bits per heavy atom. The number of nitrogens with zero attached hydrogens (tertiary/aromatic N) is 2. The van der Waals surface area contributed by atoms with Crippen molar-refractivity contribution in [1.82, 2.24) is 4.98 Å². The molecule has 134 valence electrons. The Morgan fingerprint density at radius 2 is 1.92 bits per heavy atom. The van der Waals surface area contributed by atoms with Crippen molar-refractivity contribution in [3.8, 4) is 17.2 Å². The number of aromatic nitrogens is 1. The van der Waals surface area contributed by atoms with E-state index in [-0.39, 0.29) is 34.2 Å². The third-order valence-electron chi connectivity index (χ3n) is 3.60. The number of hydrogen-bond acceptors (Lipinski definition) is 7. The molecule has 0 saturated carbocycles. The van der Waals surface area contributed by atoms with Gasteiger partial charge in [0.25, 0.3) is 0 Å². The lowest BCUT2D eigenvalue weighted by molar-refractivity contribution is 0.0377. The number of carbonyl (C=O) groups excluding carboxylic acids is 2. The van der Waals surface area contributed by atoms with Gasteiger partial charge in [0.15, 0.2) is 5.69 Å². The maximum absolute atomic E-state index is 12.7. The third kappa shape index (κ3) is 3.64. The van der Waals surface area contributed by atoms with Gasteiger partial charge in [0.05, 0.1) is 24.5 Å². The lowest BCUT2D eigenvalue weighted by Crippen LogP contribution is -2.19. The summed E-state index contributed by atoms with van der Waals surface area (Å²) in [5.41, 5.74) is 7.16. The molecule has 26 heavy (non-hydrogen) atoms. The summed E-state index contributed by atoms with van der Waals surface area (Å²) >= 11 is 0. The average Bonchev–Trinajstić information content (AvgIpc) is 2.59. The smallest absolute Gasteiger partial charge is 0.341 e. The Balaban J connectivity index is 2.93. The minimum Gasteiger partial charge on any atom is -0.465 e. The second-order valence-electron chi connectivity index (χ2n) is 5.85. The van der Waals surface area contributed by atoms with E-state index in [0.29, 0.717) is 11.3 Å². The number of nitrogen functional groups attached to an aromatic ring is 1. The molecule has 0 aliphatic carbocycles. The van der Waals surface area contributed by atoms with Gasteiger partial charge in [-0.05, 0) is 38.5 Å². The fourth-order valence-corrected chi connectivity index (χ4v) is 2.59. The van der Waals surface area contributed by atoms with E-state index in [1.165, 1.54) is 7.11 Å². The molecule has 0 radical (unpaired) electrons. The predicted molar refractivity (Wildman–Crippen MR) is 95.4 cm³/mol. The number of ether oxygens (including phenoxy) is 2. The van der Waals surface area contributed by atoms with Crippen LogP contribution in [0.25, 0.3) is 11.1 Å². The van der Waals surface area contributed by atoms with Crippen molar-refractivity contribution in [1.29, 1.82) is 5.26 Å². The number of hydrogen-bond donors (Lipinski definition) is 1. The minimum absolute atomic E-state index is 0.0955. The number of aryl methyl sites for hydroxylation is 1. The fraction of sp³-hybridized carbons (Fsp3) is 0.263. The van der Waals surface area contributed by atoms with E-state index in [1.54, 1.807) is 45.0 Å². The van der Waals surface area contributed by atoms with E-state index in [4.69, 9.17) is 15.2 Å². The van der Waals surface area contributed by atoms with Gasteiger partial charge in [0.2, 0.25) is 0 Å². The van der Waals surface area contributed by atoms with Crippen molar-refractivity contribution in [2.24, 2.45) is 0 Å². The van der Waals surface area contributed by atoms with E-state index in [2.05, 4.69) is 4.98 Å². The summed E-state index contributed by atoms with van der Waals surface area (Å²) in [6.45, 7) is 5.01. The van der Waals surface area contributed by atoms with Gasteiger partial charge in [-0.2, -0.15) is 5.26 Å². The number of anilines is 1. The molecule has 0 atom stereocenters. The first kappa shape index (κ1) is 18.9. The molecule has 0 saturated heterocycles. The fourth-order valence-electron chi connectivity index (χ4n) is 2.59. The number of benzene rings is 1. The molecule has 1 heterocycles. The number of pyridine rings is 1. The quantitative estimate of drug-likeness (QED) is 0.663. The van der Waals surface area contributed by atoms with Crippen LogP contribution in [0, 0.1) is 18.3 Å². The molecule has 0 bridgehead atoms. The van der Waals surface area contributed by atoms with Gasteiger partial charge in [-0.25, -0.2) is 14.6 Å². The van der Waals surface area contributed by atoms with E-state index < -0.39 is 11.9 Å². The Bertz CT molecular complexity index is 914. The van der Waals surface area contributed by atoms with Crippen LogP contribution in [0.2, 0.25) is 0 Å². The Hall–Kier alpha value is -3.40. The van der Waals surface area contributed by atoms with Gasteiger partial charge >= 0.3 is 11.9 Å². The SMILES string of the molecule is COC(=O)c1c(C#N)nc(C)c(C(=O)OC(C)C)c1-c1cccc(N)c1. The maximum Gasteiger partial charge on any atom is 0.341 e. The van der Waals surface area contributed by atoms with Crippen molar-refractivity contribution >= 4 is 17.6 Å². The van der Waals surface area contributed by atoms with Crippen molar-refractivity contribution in [2.75, 3.05) is 12.8 Å². The van der Waals surface area contributed by atoms with Crippen molar-refractivity contribution in [2.45, 2.75) is 26.9 Å². The summed E-state index contributed by atoms with van der Waals surface area (Å²) < 4.78 is 10.1. The number of nitrogens with two attached hydrogens (primary N) is 1. The molecule has 0 aliphatic heterocycles. The van der Waals surface area contributed by atoms with E-state index in [9.17, 15) is 14.9 Å². The van der Waals surface area contributed by atoms with Crippen LogP contribution in [-0.4, -0.2) is 30.1 Å². The van der Waals surface area contributed by atoms with E-state index >= 15 is 0 Å². The lowest BCUT2D eigenvalue weighted by Gasteiger charge is -2.18. The molecule has 7 nitrogen and oxygen atoms in total. The summed E-state index contributed by atoms with van der Waals surface area (Å²) in [4.78, 5) is 29.2. The van der Waals surface area contributed by atoms with Crippen LogP contribution < -0.4 is 5.73 Å². The molecular formula is C19H19N3O4. The summed E-state index contributed by atoms with van der Waals surface area (Å²) in [5.74, 6) is -1.41. The minimum atomic E-state index is -0.773. The molecule has 7 heteroatoms.